The maximum absolute atomic E-state index is 11.3. The third kappa shape index (κ3) is 5.37. The average molecular weight is 262 g/mol. The van der Waals surface area contributed by atoms with Crippen molar-refractivity contribution in [2.45, 2.75) is 6.42 Å². The zero-order valence-electron chi connectivity index (χ0n) is 9.02. The monoisotopic (exact) mass is 261 g/mol. The highest BCUT2D eigenvalue weighted by molar-refractivity contribution is 7.91. The van der Waals surface area contributed by atoms with E-state index in [1.165, 1.54) is 0 Å². The molecule has 0 amide bonds. The quantitative estimate of drug-likeness (QED) is 0.604. The van der Waals surface area contributed by atoms with Crippen molar-refractivity contribution in [3.8, 4) is 0 Å². The second-order valence-electron chi connectivity index (χ2n) is 3.49. The molecule has 1 N–H and O–H groups in total. The first kappa shape index (κ1) is 13.3. The topological polar surface area (TPSA) is 46.2 Å². The van der Waals surface area contributed by atoms with Crippen LogP contribution in [0.15, 0.2) is 30.3 Å². The lowest BCUT2D eigenvalue weighted by atomic mass is 10.3. The fourth-order valence-corrected chi connectivity index (χ4v) is 3.03. The summed E-state index contributed by atoms with van der Waals surface area (Å²) in [7, 11) is -2.96. The van der Waals surface area contributed by atoms with Crippen LogP contribution in [0.4, 0.5) is 5.69 Å². The van der Waals surface area contributed by atoms with E-state index in [4.69, 9.17) is 11.6 Å². The van der Waals surface area contributed by atoms with Crippen LogP contribution in [-0.2, 0) is 9.84 Å². The van der Waals surface area contributed by atoms with Crippen LogP contribution in [0, 0.1) is 0 Å². The van der Waals surface area contributed by atoms with Crippen molar-refractivity contribution in [3.63, 3.8) is 0 Å². The molecule has 0 aliphatic rings. The summed E-state index contributed by atoms with van der Waals surface area (Å²) in [5.41, 5.74) is 1.01. The van der Waals surface area contributed by atoms with Crippen LogP contribution in [0.3, 0.4) is 0 Å². The molecule has 0 saturated carbocycles. The minimum Gasteiger partial charge on any atom is -0.385 e. The van der Waals surface area contributed by atoms with Gasteiger partial charge in [0, 0.05) is 18.1 Å². The normalized spacial score (nSPS) is 11.3. The zero-order valence-corrected chi connectivity index (χ0v) is 10.6. The molecule has 0 fully saturated rings. The third-order valence-corrected chi connectivity index (χ3v) is 4.27. The summed E-state index contributed by atoms with van der Waals surface area (Å²) in [6.07, 6.45) is 0.605. The van der Waals surface area contributed by atoms with Gasteiger partial charge in [-0.25, -0.2) is 8.42 Å². The van der Waals surface area contributed by atoms with E-state index in [1.807, 2.05) is 30.3 Å². The molecule has 16 heavy (non-hydrogen) atoms. The molecular weight excluding hydrogens is 246 g/mol. The van der Waals surface area contributed by atoms with Crippen molar-refractivity contribution < 1.29 is 8.42 Å². The van der Waals surface area contributed by atoms with Crippen molar-refractivity contribution in [2.75, 3.05) is 29.2 Å². The van der Waals surface area contributed by atoms with Gasteiger partial charge in [-0.1, -0.05) is 18.2 Å². The standard InChI is InChI=1S/C11H16ClNO2S/c12-7-10-16(14,15)9-4-8-13-11-5-2-1-3-6-11/h1-3,5-6,13H,4,7-10H2. The number of sulfone groups is 1. The first-order valence-corrected chi connectivity index (χ1v) is 7.55. The molecule has 0 bridgehead atoms. The Kier molecular flexibility index (Phi) is 5.63. The second kappa shape index (κ2) is 6.76. The minimum atomic E-state index is -2.96. The molecule has 90 valence electrons. The van der Waals surface area contributed by atoms with E-state index in [1.54, 1.807) is 0 Å². The van der Waals surface area contributed by atoms with E-state index in [9.17, 15) is 8.42 Å². The summed E-state index contributed by atoms with van der Waals surface area (Å²) in [5.74, 6) is 0.438. The Balaban J connectivity index is 2.22. The predicted molar refractivity (Wildman–Crippen MR) is 68.9 cm³/mol. The average Bonchev–Trinajstić information content (AvgIpc) is 2.26. The predicted octanol–water partition coefficient (Wildman–Crippen LogP) is 2.14. The molecule has 0 aliphatic heterocycles. The Labute approximate surface area is 102 Å². The molecule has 1 rings (SSSR count). The molecule has 0 heterocycles. The van der Waals surface area contributed by atoms with E-state index in [-0.39, 0.29) is 17.4 Å². The fourth-order valence-electron chi connectivity index (χ4n) is 1.30. The molecule has 0 spiro atoms. The van der Waals surface area contributed by atoms with Crippen molar-refractivity contribution >= 4 is 27.1 Å². The lowest BCUT2D eigenvalue weighted by Gasteiger charge is -2.06. The minimum absolute atomic E-state index is 0.0693. The van der Waals surface area contributed by atoms with Gasteiger partial charge in [-0.3, -0.25) is 0 Å². The van der Waals surface area contributed by atoms with Crippen LogP contribution < -0.4 is 5.32 Å². The molecule has 0 unspecified atom stereocenters. The SMILES string of the molecule is O=S(=O)(CCCl)CCCNc1ccccc1. The van der Waals surface area contributed by atoms with Gasteiger partial charge in [0.15, 0.2) is 9.84 Å². The molecule has 0 aromatic heterocycles. The number of para-hydroxylation sites is 1. The number of anilines is 1. The largest absolute Gasteiger partial charge is 0.385 e. The maximum atomic E-state index is 11.3. The Morgan fingerprint density at radius 2 is 1.81 bits per heavy atom. The van der Waals surface area contributed by atoms with Gasteiger partial charge in [0.25, 0.3) is 0 Å². The number of benzene rings is 1. The number of rotatable bonds is 7. The molecule has 1 aromatic rings. The summed E-state index contributed by atoms with van der Waals surface area (Å²) in [6.45, 7) is 0.658. The molecule has 0 aliphatic carbocycles. The summed E-state index contributed by atoms with van der Waals surface area (Å²) in [6, 6.07) is 9.72. The zero-order chi connectivity index (χ0) is 11.9. The first-order chi connectivity index (χ1) is 7.64. The van der Waals surface area contributed by atoms with Crippen molar-refractivity contribution in [3.05, 3.63) is 30.3 Å². The molecule has 0 radical (unpaired) electrons. The number of hydrogen-bond donors (Lipinski definition) is 1. The Hall–Kier alpha value is -0.740. The van der Waals surface area contributed by atoms with Crippen LogP contribution in [-0.4, -0.2) is 32.3 Å². The van der Waals surface area contributed by atoms with Gasteiger partial charge in [-0.2, -0.15) is 0 Å². The summed E-state index contributed by atoms with van der Waals surface area (Å²) >= 11 is 5.40. The highest BCUT2D eigenvalue weighted by Crippen LogP contribution is 2.05. The highest BCUT2D eigenvalue weighted by atomic mass is 35.5. The van der Waals surface area contributed by atoms with Gasteiger partial charge in [0.2, 0.25) is 0 Å². The number of nitrogens with one attached hydrogen (secondary N) is 1. The Morgan fingerprint density at radius 3 is 2.44 bits per heavy atom. The van der Waals surface area contributed by atoms with Crippen LogP contribution in [0.1, 0.15) is 6.42 Å². The van der Waals surface area contributed by atoms with Crippen LogP contribution in [0.5, 0.6) is 0 Å². The molecule has 0 atom stereocenters. The maximum Gasteiger partial charge on any atom is 0.151 e. The number of hydrogen-bond acceptors (Lipinski definition) is 3. The Morgan fingerprint density at radius 1 is 1.12 bits per heavy atom. The summed E-state index contributed by atoms with van der Waals surface area (Å²) in [4.78, 5) is 0. The van der Waals surface area contributed by atoms with E-state index >= 15 is 0 Å². The van der Waals surface area contributed by atoms with Gasteiger partial charge in [0.05, 0.1) is 11.5 Å². The summed E-state index contributed by atoms with van der Waals surface area (Å²) in [5, 5.41) is 3.16. The fraction of sp³-hybridized carbons (Fsp3) is 0.455. The second-order valence-corrected chi connectivity index (χ2v) is 6.17. The van der Waals surface area contributed by atoms with Gasteiger partial charge >= 0.3 is 0 Å². The van der Waals surface area contributed by atoms with Gasteiger partial charge in [-0.05, 0) is 18.6 Å². The van der Waals surface area contributed by atoms with E-state index in [0.717, 1.165) is 5.69 Å². The van der Waals surface area contributed by atoms with Crippen molar-refractivity contribution in [1.82, 2.24) is 0 Å². The van der Waals surface area contributed by atoms with E-state index in [2.05, 4.69) is 5.32 Å². The number of halogens is 1. The van der Waals surface area contributed by atoms with Gasteiger partial charge in [0.1, 0.15) is 0 Å². The van der Waals surface area contributed by atoms with E-state index in [0.29, 0.717) is 13.0 Å². The molecule has 5 heteroatoms. The van der Waals surface area contributed by atoms with Gasteiger partial charge in [-0.15, -0.1) is 11.6 Å². The number of alkyl halides is 1. The first-order valence-electron chi connectivity index (χ1n) is 5.19. The Bertz CT molecular complexity index is 392. The van der Waals surface area contributed by atoms with Crippen LogP contribution >= 0.6 is 11.6 Å². The lowest BCUT2D eigenvalue weighted by Crippen LogP contribution is -2.15. The summed E-state index contributed by atoms with van der Waals surface area (Å²) < 4.78 is 22.7. The van der Waals surface area contributed by atoms with Gasteiger partial charge < -0.3 is 5.32 Å². The van der Waals surface area contributed by atoms with Crippen LogP contribution in [0.2, 0.25) is 0 Å². The smallest absolute Gasteiger partial charge is 0.151 e. The van der Waals surface area contributed by atoms with Crippen molar-refractivity contribution in [2.24, 2.45) is 0 Å². The molecular formula is C11H16ClNO2S. The van der Waals surface area contributed by atoms with Crippen LogP contribution in [0.25, 0.3) is 0 Å². The molecule has 1 aromatic carbocycles. The van der Waals surface area contributed by atoms with E-state index < -0.39 is 9.84 Å². The van der Waals surface area contributed by atoms with Crippen molar-refractivity contribution in [1.29, 1.82) is 0 Å². The lowest BCUT2D eigenvalue weighted by molar-refractivity contribution is 0.595. The molecule has 0 saturated heterocycles. The molecule has 3 nitrogen and oxygen atoms in total. The highest BCUT2D eigenvalue weighted by Gasteiger charge is 2.08. The third-order valence-electron chi connectivity index (χ3n) is 2.12.